The number of aromatic amines is 1. The molecule has 0 aliphatic carbocycles. The lowest BCUT2D eigenvalue weighted by Crippen LogP contribution is -2.44. The molecule has 1 aliphatic heterocycles. The second-order valence-corrected chi connectivity index (χ2v) is 10.3. The molecule has 1 aliphatic rings. The van der Waals surface area contributed by atoms with E-state index in [1.807, 2.05) is 31.5 Å². The van der Waals surface area contributed by atoms with Gasteiger partial charge in [0.15, 0.2) is 5.82 Å². The average Bonchev–Trinajstić information content (AvgIpc) is 3.52. The van der Waals surface area contributed by atoms with E-state index in [4.69, 9.17) is 4.98 Å². The Morgan fingerprint density at radius 2 is 1.87 bits per heavy atom. The standard InChI is InChI=1S/C28H32FN9/c1-17(2)38-18(3)33-26-22(29)13-20(14-23(26)38)25-21-7-8-30-27(21)35-28(34-25)32-16-19-5-6-24(31-15-19)37-11-9-36(4)10-12-37/h5-8,13-15,17H,9-12,16H2,1-4H3,(H2,30,32,34,35). The first kappa shape index (κ1) is 24.3. The molecule has 10 heteroatoms. The van der Waals surface area contributed by atoms with Crippen molar-refractivity contribution in [2.45, 2.75) is 33.4 Å². The highest BCUT2D eigenvalue weighted by atomic mass is 19.1. The second-order valence-electron chi connectivity index (χ2n) is 10.3. The van der Waals surface area contributed by atoms with Crippen molar-refractivity contribution >= 4 is 33.8 Å². The summed E-state index contributed by atoms with van der Waals surface area (Å²) in [5.41, 5.74) is 4.21. The summed E-state index contributed by atoms with van der Waals surface area (Å²) in [6, 6.07) is 9.71. The van der Waals surface area contributed by atoms with Gasteiger partial charge in [0, 0.05) is 62.1 Å². The van der Waals surface area contributed by atoms with Crippen molar-refractivity contribution in [3.8, 4) is 11.3 Å². The summed E-state index contributed by atoms with van der Waals surface area (Å²) >= 11 is 0. The number of halogens is 1. The van der Waals surface area contributed by atoms with Gasteiger partial charge >= 0.3 is 0 Å². The number of aryl methyl sites for hydroxylation is 1. The fourth-order valence-electron chi connectivity index (χ4n) is 5.22. The molecule has 196 valence electrons. The van der Waals surface area contributed by atoms with E-state index in [-0.39, 0.29) is 11.9 Å². The van der Waals surface area contributed by atoms with Gasteiger partial charge < -0.3 is 24.7 Å². The molecule has 2 N–H and O–H groups in total. The highest BCUT2D eigenvalue weighted by Crippen LogP contribution is 2.32. The fourth-order valence-corrected chi connectivity index (χ4v) is 5.22. The van der Waals surface area contributed by atoms with E-state index in [1.165, 1.54) is 6.07 Å². The number of piperazine rings is 1. The molecule has 0 saturated carbocycles. The Hall–Kier alpha value is -4.05. The minimum Gasteiger partial charge on any atom is -0.354 e. The van der Waals surface area contributed by atoms with Crippen molar-refractivity contribution in [1.29, 1.82) is 0 Å². The monoisotopic (exact) mass is 513 g/mol. The van der Waals surface area contributed by atoms with Crippen molar-refractivity contribution in [2.75, 3.05) is 43.4 Å². The summed E-state index contributed by atoms with van der Waals surface area (Å²) in [5, 5.41) is 4.16. The highest BCUT2D eigenvalue weighted by molar-refractivity contribution is 5.94. The summed E-state index contributed by atoms with van der Waals surface area (Å²) in [6.07, 6.45) is 3.72. The third-order valence-corrected chi connectivity index (χ3v) is 7.22. The Bertz CT molecular complexity index is 1590. The molecule has 1 saturated heterocycles. The van der Waals surface area contributed by atoms with E-state index >= 15 is 4.39 Å². The largest absolute Gasteiger partial charge is 0.354 e. The summed E-state index contributed by atoms with van der Waals surface area (Å²) in [4.78, 5) is 26.4. The number of imidazole rings is 1. The van der Waals surface area contributed by atoms with Crippen molar-refractivity contribution in [3.63, 3.8) is 0 Å². The number of pyridine rings is 1. The predicted molar refractivity (Wildman–Crippen MR) is 149 cm³/mol. The number of hydrogen-bond donors (Lipinski definition) is 2. The maximum atomic E-state index is 15.2. The van der Waals surface area contributed by atoms with Crippen LogP contribution in [0.15, 0.2) is 42.7 Å². The first-order chi connectivity index (χ1) is 18.4. The van der Waals surface area contributed by atoms with E-state index < -0.39 is 0 Å². The third kappa shape index (κ3) is 4.45. The van der Waals surface area contributed by atoms with Gasteiger partial charge in [0.05, 0.1) is 11.2 Å². The lowest BCUT2D eigenvalue weighted by Gasteiger charge is -2.33. The van der Waals surface area contributed by atoms with E-state index in [9.17, 15) is 0 Å². The Kier molecular flexibility index (Phi) is 6.19. The molecular weight excluding hydrogens is 481 g/mol. The second kappa shape index (κ2) is 9.68. The van der Waals surface area contributed by atoms with Crippen LogP contribution in [0.5, 0.6) is 0 Å². The molecule has 5 heterocycles. The maximum Gasteiger partial charge on any atom is 0.225 e. The van der Waals surface area contributed by atoms with Crippen molar-refractivity contribution in [1.82, 2.24) is 34.4 Å². The third-order valence-electron chi connectivity index (χ3n) is 7.22. The van der Waals surface area contributed by atoms with Crippen LogP contribution in [0.1, 0.15) is 31.3 Å². The molecular formula is C28H32FN9. The fraction of sp³-hybridized carbons (Fsp3) is 0.357. The van der Waals surface area contributed by atoms with E-state index in [0.29, 0.717) is 34.9 Å². The molecule has 6 rings (SSSR count). The summed E-state index contributed by atoms with van der Waals surface area (Å²) in [5.74, 6) is 1.90. The number of rotatable bonds is 6. The van der Waals surface area contributed by atoms with Gasteiger partial charge in [-0.3, -0.25) is 0 Å². The lowest BCUT2D eigenvalue weighted by molar-refractivity contribution is 0.312. The number of fused-ring (bicyclic) bond motifs is 2. The number of hydrogen-bond acceptors (Lipinski definition) is 7. The molecule has 1 aromatic carbocycles. The lowest BCUT2D eigenvalue weighted by atomic mass is 10.1. The van der Waals surface area contributed by atoms with Gasteiger partial charge in [-0.1, -0.05) is 6.07 Å². The highest BCUT2D eigenvalue weighted by Gasteiger charge is 2.19. The Balaban J connectivity index is 1.28. The number of anilines is 2. The Labute approximate surface area is 220 Å². The number of nitrogens with zero attached hydrogens (tertiary/aromatic N) is 7. The van der Waals surface area contributed by atoms with Crippen molar-refractivity contribution < 1.29 is 4.39 Å². The van der Waals surface area contributed by atoms with Crippen LogP contribution < -0.4 is 10.2 Å². The first-order valence-electron chi connectivity index (χ1n) is 13.0. The van der Waals surface area contributed by atoms with Crippen molar-refractivity contribution in [2.24, 2.45) is 0 Å². The molecule has 9 nitrogen and oxygen atoms in total. The summed E-state index contributed by atoms with van der Waals surface area (Å²) in [7, 11) is 2.15. The molecule has 0 bridgehead atoms. The minimum atomic E-state index is -0.358. The normalized spacial score (nSPS) is 14.7. The molecule has 0 atom stereocenters. The van der Waals surface area contributed by atoms with Crippen LogP contribution in [0.4, 0.5) is 16.2 Å². The predicted octanol–water partition coefficient (Wildman–Crippen LogP) is 4.76. The van der Waals surface area contributed by atoms with Gasteiger partial charge in [0.2, 0.25) is 5.95 Å². The molecule has 38 heavy (non-hydrogen) atoms. The van der Waals surface area contributed by atoms with Crippen LogP contribution >= 0.6 is 0 Å². The zero-order valence-corrected chi connectivity index (χ0v) is 22.2. The van der Waals surface area contributed by atoms with Crippen LogP contribution in [0.2, 0.25) is 0 Å². The first-order valence-corrected chi connectivity index (χ1v) is 13.0. The van der Waals surface area contributed by atoms with E-state index in [1.54, 1.807) is 0 Å². The molecule has 0 amide bonds. The number of likely N-dealkylation sites (N-methyl/N-ethyl adjacent to an activating group) is 1. The number of nitrogens with one attached hydrogen (secondary N) is 2. The van der Waals surface area contributed by atoms with Gasteiger partial charge in [-0.05, 0) is 57.6 Å². The van der Waals surface area contributed by atoms with Crippen LogP contribution in [0, 0.1) is 12.7 Å². The number of aromatic nitrogens is 6. The molecule has 1 fully saturated rings. The Morgan fingerprint density at radius 3 is 2.61 bits per heavy atom. The van der Waals surface area contributed by atoms with Crippen molar-refractivity contribution in [3.05, 3.63) is 59.9 Å². The van der Waals surface area contributed by atoms with Gasteiger partial charge in [-0.2, -0.15) is 4.98 Å². The Morgan fingerprint density at radius 1 is 1.05 bits per heavy atom. The van der Waals surface area contributed by atoms with Gasteiger partial charge in [0.25, 0.3) is 0 Å². The smallest absolute Gasteiger partial charge is 0.225 e. The van der Waals surface area contributed by atoms with E-state index in [2.05, 4.69) is 72.6 Å². The van der Waals surface area contributed by atoms with Crippen LogP contribution in [-0.4, -0.2) is 67.6 Å². The van der Waals surface area contributed by atoms with E-state index in [0.717, 1.165) is 54.3 Å². The summed E-state index contributed by atoms with van der Waals surface area (Å²) in [6.45, 7) is 10.6. The van der Waals surface area contributed by atoms with Crippen LogP contribution in [0.3, 0.4) is 0 Å². The molecule has 0 spiro atoms. The van der Waals surface area contributed by atoms with Gasteiger partial charge in [-0.25, -0.2) is 19.3 Å². The van der Waals surface area contributed by atoms with Gasteiger partial charge in [-0.15, -0.1) is 0 Å². The van der Waals surface area contributed by atoms with Gasteiger partial charge in [0.1, 0.15) is 22.8 Å². The summed E-state index contributed by atoms with van der Waals surface area (Å²) < 4.78 is 17.3. The quantitative estimate of drug-likeness (QED) is 0.338. The minimum absolute atomic E-state index is 0.154. The molecule has 0 unspecified atom stereocenters. The zero-order valence-electron chi connectivity index (χ0n) is 22.2. The van der Waals surface area contributed by atoms with Crippen LogP contribution in [0.25, 0.3) is 33.3 Å². The maximum absolute atomic E-state index is 15.2. The zero-order chi connectivity index (χ0) is 26.4. The topological polar surface area (TPSA) is 90.8 Å². The number of H-pyrrole nitrogens is 1. The SMILES string of the molecule is Cc1nc2c(F)cc(-c3nc(NCc4ccc(N5CCN(C)CC5)nc4)nc4[nH]ccc34)cc2n1C(C)C. The number of benzene rings is 1. The molecule has 5 aromatic rings. The molecule has 4 aromatic heterocycles. The average molecular weight is 514 g/mol. The van der Waals surface area contributed by atoms with Crippen LogP contribution in [-0.2, 0) is 6.54 Å². The molecule has 0 radical (unpaired) electrons.